The molecule has 1 unspecified atom stereocenters. The minimum absolute atomic E-state index is 0.283. The van der Waals surface area contributed by atoms with E-state index < -0.39 is 0 Å². The number of benzene rings is 1. The molecule has 2 aliphatic heterocycles. The number of ether oxygens (including phenoxy) is 2. The van der Waals surface area contributed by atoms with E-state index in [9.17, 15) is 0 Å². The molecule has 3 aromatic rings. The van der Waals surface area contributed by atoms with Crippen LogP contribution in [-0.4, -0.2) is 35.1 Å². The zero-order valence-corrected chi connectivity index (χ0v) is 14.2. The molecule has 1 aromatic carbocycles. The van der Waals surface area contributed by atoms with Crippen molar-refractivity contribution in [2.45, 2.75) is 25.7 Å². The minimum Gasteiger partial charge on any atom is -0.454 e. The van der Waals surface area contributed by atoms with E-state index in [1.807, 2.05) is 19.2 Å². The molecule has 1 N–H and O–H groups in total. The molecule has 4 heterocycles. The number of aromatic amines is 1. The smallest absolute Gasteiger partial charge is 0.231 e. The highest BCUT2D eigenvalue weighted by Gasteiger charge is 2.25. The van der Waals surface area contributed by atoms with E-state index in [4.69, 9.17) is 14.5 Å². The number of H-pyrrole nitrogens is 1. The lowest BCUT2D eigenvalue weighted by Gasteiger charge is -2.34. The molecule has 1 fully saturated rings. The van der Waals surface area contributed by atoms with Gasteiger partial charge in [0.1, 0.15) is 0 Å². The number of fused-ring (bicyclic) bond motifs is 2. The first-order valence-electron chi connectivity index (χ1n) is 8.73. The first-order chi connectivity index (χ1) is 12.3. The van der Waals surface area contributed by atoms with Crippen molar-refractivity contribution in [1.29, 1.82) is 0 Å². The summed E-state index contributed by atoms with van der Waals surface area (Å²) in [5, 5.41) is 8.38. The van der Waals surface area contributed by atoms with Crippen LogP contribution in [0.5, 0.6) is 11.5 Å². The van der Waals surface area contributed by atoms with Crippen molar-refractivity contribution < 1.29 is 9.47 Å². The largest absolute Gasteiger partial charge is 0.454 e. The monoisotopic (exact) mass is 336 g/mol. The van der Waals surface area contributed by atoms with Crippen molar-refractivity contribution in [3.05, 3.63) is 41.9 Å². The number of rotatable bonds is 2. The zero-order chi connectivity index (χ0) is 16.8. The summed E-state index contributed by atoms with van der Waals surface area (Å²) in [6.07, 6.45) is 4.19. The van der Waals surface area contributed by atoms with Crippen LogP contribution in [0.3, 0.4) is 0 Å². The first-order valence-corrected chi connectivity index (χ1v) is 8.73. The van der Waals surface area contributed by atoms with E-state index >= 15 is 0 Å². The van der Waals surface area contributed by atoms with Gasteiger partial charge in [0.15, 0.2) is 11.5 Å². The summed E-state index contributed by atoms with van der Waals surface area (Å²) in [5.41, 5.74) is 4.43. The Morgan fingerprint density at radius 3 is 2.92 bits per heavy atom. The Labute approximate surface area is 145 Å². The van der Waals surface area contributed by atoms with Gasteiger partial charge in [-0.3, -0.25) is 10.1 Å². The van der Waals surface area contributed by atoms with E-state index in [-0.39, 0.29) is 6.79 Å². The van der Waals surface area contributed by atoms with Crippen molar-refractivity contribution in [2.75, 3.05) is 24.8 Å². The molecule has 0 bridgehead atoms. The van der Waals surface area contributed by atoms with Crippen LogP contribution in [0.1, 0.15) is 30.1 Å². The number of pyridine rings is 1. The fourth-order valence-electron chi connectivity index (χ4n) is 3.93. The second-order valence-corrected chi connectivity index (χ2v) is 6.80. The second-order valence-electron chi connectivity index (χ2n) is 6.80. The van der Waals surface area contributed by atoms with Crippen LogP contribution in [0, 0.1) is 6.92 Å². The van der Waals surface area contributed by atoms with Crippen molar-refractivity contribution in [3.8, 4) is 11.5 Å². The maximum Gasteiger partial charge on any atom is 0.231 e. The summed E-state index contributed by atoms with van der Waals surface area (Å²) in [7, 11) is 0. The van der Waals surface area contributed by atoms with Gasteiger partial charge in [-0.25, -0.2) is 0 Å². The van der Waals surface area contributed by atoms with Crippen molar-refractivity contribution >= 4 is 16.6 Å². The fourth-order valence-corrected chi connectivity index (χ4v) is 3.93. The van der Waals surface area contributed by atoms with Crippen molar-refractivity contribution in [3.63, 3.8) is 0 Å². The average Bonchev–Trinajstić information content (AvgIpc) is 3.31. The molecule has 0 radical (unpaired) electrons. The SMILES string of the molecule is Cc1cc(N2CCCC(c3ccn[nH]3)C2)c2cc3c(cc2n1)OCO3. The topological polar surface area (TPSA) is 63.3 Å². The summed E-state index contributed by atoms with van der Waals surface area (Å²) in [5.74, 6) is 2.07. The lowest BCUT2D eigenvalue weighted by atomic mass is 9.94. The predicted molar refractivity (Wildman–Crippen MR) is 95.4 cm³/mol. The molecular weight excluding hydrogens is 316 g/mol. The molecule has 6 nitrogen and oxygen atoms in total. The van der Waals surface area contributed by atoms with Crippen LogP contribution < -0.4 is 14.4 Å². The van der Waals surface area contributed by atoms with Crippen LogP contribution in [0.15, 0.2) is 30.5 Å². The molecule has 6 heteroatoms. The summed E-state index contributed by atoms with van der Waals surface area (Å²) >= 11 is 0. The number of aryl methyl sites for hydroxylation is 1. The molecule has 0 spiro atoms. The Morgan fingerprint density at radius 1 is 1.20 bits per heavy atom. The highest BCUT2D eigenvalue weighted by atomic mass is 16.7. The second kappa shape index (κ2) is 5.65. The summed E-state index contributed by atoms with van der Waals surface area (Å²) in [6.45, 7) is 4.36. The molecule has 25 heavy (non-hydrogen) atoms. The maximum atomic E-state index is 5.58. The lowest BCUT2D eigenvalue weighted by Crippen LogP contribution is -2.34. The number of aromatic nitrogens is 3. The van der Waals surface area contributed by atoms with Crippen LogP contribution in [0.25, 0.3) is 10.9 Å². The highest BCUT2D eigenvalue weighted by molar-refractivity contribution is 5.94. The first kappa shape index (κ1) is 14.6. The summed E-state index contributed by atoms with van der Waals surface area (Å²) in [4.78, 5) is 7.17. The standard InChI is InChI=1S/C19H20N4O2/c1-12-7-17(14-8-18-19(25-11-24-18)9-16(14)21-12)23-6-2-3-13(10-23)15-4-5-20-22-15/h4-5,7-9,13H,2-3,6,10-11H2,1H3,(H,20,22). The molecule has 1 atom stereocenters. The van der Waals surface area contributed by atoms with E-state index in [2.05, 4.69) is 33.3 Å². The Kier molecular flexibility index (Phi) is 3.29. The molecule has 0 saturated carbocycles. The normalized spacial score (nSPS) is 19.6. The highest BCUT2D eigenvalue weighted by Crippen LogP contribution is 2.40. The fraction of sp³-hybridized carbons (Fsp3) is 0.368. The number of nitrogens with one attached hydrogen (secondary N) is 1. The van der Waals surface area contributed by atoms with Crippen LogP contribution >= 0.6 is 0 Å². The van der Waals surface area contributed by atoms with Gasteiger partial charge in [0.2, 0.25) is 6.79 Å². The van der Waals surface area contributed by atoms with E-state index in [0.29, 0.717) is 5.92 Å². The molecule has 2 aliphatic rings. The average molecular weight is 336 g/mol. The van der Waals surface area contributed by atoms with Crippen molar-refractivity contribution in [2.24, 2.45) is 0 Å². The van der Waals surface area contributed by atoms with Gasteiger partial charge in [0.05, 0.1) is 5.52 Å². The molecule has 128 valence electrons. The van der Waals surface area contributed by atoms with Gasteiger partial charge in [-0.05, 0) is 38.0 Å². The van der Waals surface area contributed by atoms with E-state index in [0.717, 1.165) is 47.6 Å². The van der Waals surface area contributed by atoms with Gasteiger partial charge >= 0.3 is 0 Å². The van der Waals surface area contributed by atoms with Gasteiger partial charge in [-0.1, -0.05) is 0 Å². The quantitative estimate of drug-likeness (QED) is 0.777. The maximum absolute atomic E-state index is 5.58. The molecule has 5 rings (SSSR count). The number of hydrogen-bond acceptors (Lipinski definition) is 5. The number of piperidine rings is 1. The third-order valence-electron chi connectivity index (χ3n) is 5.13. The number of hydrogen-bond donors (Lipinski definition) is 1. The zero-order valence-electron chi connectivity index (χ0n) is 14.2. The Hall–Kier alpha value is -2.76. The van der Waals surface area contributed by atoms with Crippen molar-refractivity contribution in [1.82, 2.24) is 15.2 Å². The summed E-state index contributed by atoms with van der Waals surface area (Å²) < 4.78 is 11.1. The molecular formula is C19H20N4O2. The Bertz CT molecular complexity index is 923. The summed E-state index contributed by atoms with van der Waals surface area (Å²) in [6, 6.07) is 8.33. The number of nitrogens with zero attached hydrogens (tertiary/aromatic N) is 3. The van der Waals surface area contributed by atoms with Crippen LogP contribution in [0.4, 0.5) is 5.69 Å². The molecule has 0 aliphatic carbocycles. The van der Waals surface area contributed by atoms with E-state index in [1.54, 1.807) is 0 Å². The minimum atomic E-state index is 0.283. The van der Waals surface area contributed by atoms with Gasteiger partial charge in [-0.15, -0.1) is 0 Å². The third-order valence-corrected chi connectivity index (χ3v) is 5.13. The van der Waals surface area contributed by atoms with Gasteiger partial charge < -0.3 is 14.4 Å². The third kappa shape index (κ3) is 2.49. The Balaban J connectivity index is 1.57. The lowest BCUT2D eigenvalue weighted by molar-refractivity contribution is 0.174. The number of anilines is 1. The van der Waals surface area contributed by atoms with Gasteiger partial charge in [0.25, 0.3) is 0 Å². The van der Waals surface area contributed by atoms with Gasteiger partial charge in [-0.2, -0.15) is 5.10 Å². The van der Waals surface area contributed by atoms with Gasteiger partial charge in [0, 0.05) is 53.7 Å². The van der Waals surface area contributed by atoms with Crippen LogP contribution in [-0.2, 0) is 0 Å². The molecule has 1 saturated heterocycles. The Morgan fingerprint density at radius 2 is 2.08 bits per heavy atom. The molecule has 0 amide bonds. The molecule has 2 aromatic heterocycles. The van der Waals surface area contributed by atoms with E-state index in [1.165, 1.54) is 17.8 Å². The van der Waals surface area contributed by atoms with Crippen LogP contribution in [0.2, 0.25) is 0 Å². The predicted octanol–water partition coefficient (Wildman–Crippen LogP) is 3.38.